The summed E-state index contributed by atoms with van der Waals surface area (Å²) in [5.41, 5.74) is -0.0512. The van der Waals surface area contributed by atoms with Gasteiger partial charge in [0.1, 0.15) is 6.17 Å². The molecule has 1 N–H and O–H groups in total. The fourth-order valence-corrected chi connectivity index (χ4v) is 7.57. The van der Waals surface area contributed by atoms with Gasteiger partial charge in [-0.05, 0) is 80.6 Å². The summed E-state index contributed by atoms with van der Waals surface area (Å²) in [6.45, 7) is 8.31. The Bertz CT molecular complexity index is 572. The van der Waals surface area contributed by atoms with E-state index >= 15 is 4.39 Å². The van der Waals surface area contributed by atoms with Crippen LogP contribution in [0, 0.1) is 34.0 Å². The number of carbonyl (C=O) groups is 1. The largest absolute Gasteiger partial charge is 0.481 e. The number of rotatable bonds is 1. The van der Waals surface area contributed by atoms with Crippen molar-refractivity contribution in [2.24, 2.45) is 34.0 Å². The van der Waals surface area contributed by atoms with Crippen LogP contribution in [0.4, 0.5) is 4.39 Å². The highest BCUT2D eigenvalue weighted by molar-refractivity contribution is 5.75. The third kappa shape index (κ3) is 1.72. The van der Waals surface area contributed by atoms with Crippen molar-refractivity contribution in [1.82, 2.24) is 0 Å². The van der Waals surface area contributed by atoms with E-state index in [4.69, 9.17) is 0 Å². The van der Waals surface area contributed by atoms with Gasteiger partial charge in [0, 0.05) is 5.41 Å². The monoisotopic (exact) mass is 320 g/mol. The van der Waals surface area contributed by atoms with Gasteiger partial charge in [-0.1, -0.05) is 19.9 Å². The molecule has 4 saturated carbocycles. The van der Waals surface area contributed by atoms with Crippen LogP contribution in [-0.4, -0.2) is 17.2 Å². The minimum Gasteiger partial charge on any atom is -0.481 e. The van der Waals surface area contributed by atoms with Gasteiger partial charge < -0.3 is 5.11 Å². The smallest absolute Gasteiger partial charge is 0.309 e. The van der Waals surface area contributed by atoms with Crippen LogP contribution in [0.3, 0.4) is 0 Å². The Morgan fingerprint density at radius 2 is 1.91 bits per heavy atom. The zero-order valence-electron chi connectivity index (χ0n) is 14.4. The van der Waals surface area contributed by atoms with E-state index in [0.29, 0.717) is 11.8 Å². The van der Waals surface area contributed by atoms with Crippen LogP contribution >= 0.6 is 0 Å². The quantitative estimate of drug-likeness (QED) is 0.691. The normalized spacial score (nSPS) is 55.2. The number of alkyl halides is 1. The zero-order chi connectivity index (χ0) is 16.6. The molecule has 2 bridgehead atoms. The number of carboxylic acids is 1. The molecule has 0 saturated heterocycles. The Hall–Kier alpha value is -0.860. The van der Waals surface area contributed by atoms with E-state index in [-0.39, 0.29) is 16.7 Å². The molecule has 0 unspecified atom stereocenters. The van der Waals surface area contributed by atoms with Gasteiger partial charge in [-0.3, -0.25) is 4.79 Å². The van der Waals surface area contributed by atoms with Crippen molar-refractivity contribution < 1.29 is 14.3 Å². The number of hydrogen-bond donors (Lipinski definition) is 1. The number of aliphatic carboxylic acids is 1. The van der Waals surface area contributed by atoms with Crippen molar-refractivity contribution in [3.8, 4) is 0 Å². The summed E-state index contributed by atoms with van der Waals surface area (Å²) in [5, 5.41) is 9.88. The summed E-state index contributed by atoms with van der Waals surface area (Å²) in [4.78, 5) is 12.0. The zero-order valence-corrected chi connectivity index (χ0v) is 14.4. The summed E-state index contributed by atoms with van der Waals surface area (Å²) in [5.74, 6) is 0.245. The lowest BCUT2D eigenvalue weighted by Crippen LogP contribution is -2.59. The summed E-state index contributed by atoms with van der Waals surface area (Å²) in [7, 11) is 0. The minimum absolute atomic E-state index is 0.0242. The third-order valence-electron chi connectivity index (χ3n) is 8.64. The molecule has 4 aliphatic carbocycles. The number of allylic oxidation sites excluding steroid dienone is 1. The summed E-state index contributed by atoms with van der Waals surface area (Å²) < 4.78 is 15.3. The molecule has 128 valence electrons. The molecular weight excluding hydrogens is 291 g/mol. The fraction of sp³-hybridized carbons (Fsp3) is 0.850. The van der Waals surface area contributed by atoms with Gasteiger partial charge >= 0.3 is 5.97 Å². The molecule has 2 nitrogen and oxygen atoms in total. The molecule has 0 heterocycles. The second-order valence-corrected chi connectivity index (χ2v) is 9.37. The van der Waals surface area contributed by atoms with Gasteiger partial charge in [-0.15, -0.1) is 0 Å². The maximum Gasteiger partial charge on any atom is 0.309 e. The molecule has 0 aromatic carbocycles. The highest BCUT2D eigenvalue weighted by Gasteiger charge is 2.68. The lowest BCUT2D eigenvalue weighted by molar-refractivity contribution is -0.186. The third-order valence-corrected chi connectivity index (χ3v) is 8.64. The van der Waals surface area contributed by atoms with E-state index in [9.17, 15) is 9.90 Å². The first kappa shape index (κ1) is 15.7. The van der Waals surface area contributed by atoms with Gasteiger partial charge in [0.05, 0.1) is 5.41 Å². The van der Waals surface area contributed by atoms with Crippen molar-refractivity contribution in [2.75, 3.05) is 0 Å². The van der Waals surface area contributed by atoms with E-state index in [1.54, 1.807) is 0 Å². The van der Waals surface area contributed by atoms with E-state index in [2.05, 4.69) is 13.5 Å². The predicted molar refractivity (Wildman–Crippen MR) is 87.7 cm³/mol. The first-order chi connectivity index (χ1) is 10.8. The lowest BCUT2D eigenvalue weighted by Gasteiger charge is -2.63. The molecule has 0 aliphatic heterocycles. The minimum atomic E-state index is -0.865. The Morgan fingerprint density at radius 1 is 1.17 bits per heavy atom. The molecule has 0 aromatic rings. The first-order valence-corrected chi connectivity index (χ1v) is 9.32. The Labute approximate surface area is 138 Å². The van der Waals surface area contributed by atoms with Crippen LogP contribution in [0.5, 0.6) is 0 Å². The maximum absolute atomic E-state index is 15.3. The molecule has 4 aliphatic rings. The van der Waals surface area contributed by atoms with Gasteiger partial charge in [-0.25, -0.2) is 4.39 Å². The highest BCUT2D eigenvalue weighted by atomic mass is 19.1. The van der Waals surface area contributed by atoms with Crippen molar-refractivity contribution in [1.29, 1.82) is 0 Å². The van der Waals surface area contributed by atoms with Gasteiger partial charge in [0.15, 0.2) is 0 Å². The molecule has 7 atom stereocenters. The average Bonchev–Trinajstić information content (AvgIpc) is 2.68. The average molecular weight is 320 g/mol. The molecule has 3 heteroatoms. The van der Waals surface area contributed by atoms with E-state index in [1.165, 1.54) is 0 Å². The highest BCUT2D eigenvalue weighted by Crippen LogP contribution is 2.72. The second kappa shape index (κ2) is 4.61. The topological polar surface area (TPSA) is 37.3 Å². The van der Waals surface area contributed by atoms with Crippen molar-refractivity contribution in [2.45, 2.75) is 71.4 Å². The Morgan fingerprint density at radius 3 is 2.61 bits per heavy atom. The molecule has 23 heavy (non-hydrogen) atoms. The van der Waals surface area contributed by atoms with E-state index in [0.717, 1.165) is 56.9 Å². The second-order valence-electron chi connectivity index (χ2n) is 9.37. The standard InChI is InChI=1S/C20H29FO2/c1-12-13-5-6-15-18(2)8-4-9-19(3,17(22)23)14(18)7-10-20(15,11-13)16(12)21/h13-16H,1,4-11H2,2-3H3,(H,22,23)/t13-,14-,15-,16+,18+,19+,20+/m0/s1. The van der Waals surface area contributed by atoms with Crippen LogP contribution in [0.25, 0.3) is 0 Å². The molecule has 0 amide bonds. The number of hydrogen-bond acceptors (Lipinski definition) is 1. The van der Waals surface area contributed by atoms with Crippen molar-refractivity contribution in [3.05, 3.63) is 12.2 Å². The van der Waals surface area contributed by atoms with Crippen molar-refractivity contribution in [3.63, 3.8) is 0 Å². The van der Waals surface area contributed by atoms with Crippen molar-refractivity contribution >= 4 is 5.97 Å². The Balaban J connectivity index is 1.78. The summed E-state index contributed by atoms with van der Waals surface area (Å²) >= 11 is 0. The van der Waals surface area contributed by atoms with Crippen LogP contribution in [0.2, 0.25) is 0 Å². The van der Waals surface area contributed by atoms with Crippen LogP contribution in [0.15, 0.2) is 12.2 Å². The lowest BCUT2D eigenvalue weighted by atomic mass is 9.41. The predicted octanol–water partition coefficient (Wildman–Crippen LogP) is 4.99. The first-order valence-electron chi connectivity index (χ1n) is 9.32. The van der Waals surface area contributed by atoms with Crippen LogP contribution in [0.1, 0.15) is 65.2 Å². The SMILES string of the molecule is C=C1[C@H]2CC[C@H]3[C@]4(C)CCC[C@@](C)(C(=O)O)[C@H]4CC[C@]3(C2)[C@@H]1F. The summed E-state index contributed by atoms with van der Waals surface area (Å²) in [6.07, 6.45) is 6.75. The number of carboxylic acid groups (broad SMARTS) is 1. The van der Waals surface area contributed by atoms with Gasteiger partial charge in [-0.2, -0.15) is 0 Å². The molecule has 4 rings (SSSR count). The maximum atomic E-state index is 15.3. The van der Waals surface area contributed by atoms with Gasteiger partial charge in [0.25, 0.3) is 0 Å². The molecular formula is C20H29FO2. The molecule has 0 aromatic heterocycles. The van der Waals surface area contributed by atoms with E-state index < -0.39 is 17.6 Å². The van der Waals surface area contributed by atoms with Crippen LogP contribution < -0.4 is 0 Å². The number of fused-ring (bicyclic) bond motifs is 3. The molecule has 1 spiro atoms. The number of halogens is 1. The van der Waals surface area contributed by atoms with E-state index in [1.807, 2.05) is 6.92 Å². The summed E-state index contributed by atoms with van der Waals surface area (Å²) in [6, 6.07) is 0. The van der Waals surface area contributed by atoms with Crippen LogP contribution in [-0.2, 0) is 4.79 Å². The molecule has 4 fully saturated rings. The fourth-order valence-electron chi connectivity index (χ4n) is 7.57. The van der Waals surface area contributed by atoms with Gasteiger partial charge in [0.2, 0.25) is 0 Å². The Kier molecular flexibility index (Phi) is 3.14. The molecule has 0 radical (unpaired) electrons.